The van der Waals surface area contributed by atoms with E-state index in [1.165, 1.54) is 0 Å². The van der Waals surface area contributed by atoms with Crippen LogP contribution in [0.25, 0.3) is 6.08 Å². The van der Waals surface area contributed by atoms with Gasteiger partial charge in [-0.2, -0.15) is 0 Å². The third kappa shape index (κ3) is 4.04. The Morgan fingerprint density at radius 2 is 2.17 bits per heavy atom. The van der Waals surface area contributed by atoms with Crippen LogP contribution in [-0.2, 0) is 16.3 Å². The molecule has 0 unspecified atom stereocenters. The number of carbonyl (C=O) groups excluding carboxylic acids is 2. The first-order chi connectivity index (χ1) is 11.7. The van der Waals surface area contributed by atoms with Gasteiger partial charge in [0.05, 0.1) is 24.0 Å². The Labute approximate surface area is 147 Å². The summed E-state index contributed by atoms with van der Waals surface area (Å²) in [6.45, 7) is 0. The molecule has 0 saturated carbocycles. The molecule has 1 aliphatic heterocycles. The standard InChI is InChI=1S/C17H15NO4S2/c1-21-14-5-4-11(8-15-16(19)18-17(20)24-15)7-12(14)9-23-10-13-3-2-6-22-13/h2-8H,9-10H2,1H3,(H,18,19,20)/b15-8-. The van der Waals surface area contributed by atoms with Gasteiger partial charge in [0.2, 0.25) is 0 Å². The van der Waals surface area contributed by atoms with Crippen molar-refractivity contribution in [2.75, 3.05) is 7.11 Å². The van der Waals surface area contributed by atoms with Crippen molar-refractivity contribution >= 4 is 40.7 Å². The normalized spacial score (nSPS) is 15.8. The van der Waals surface area contributed by atoms with Gasteiger partial charge in [-0.05, 0) is 47.7 Å². The first-order valence-corrected chi connectivity index (χ1v) is 9.15. The number of methoxy groups -OCH3 is 1. The molecule has 2 amide bonds. The molecule has 24 heavy (non-hydrogen) atoms. The van der Waals surface area contributed by atoms with Crippen LogP contribution in [0, 0.1) is 0 Å². The number of ether oxygens (including phenoxy) is 1. The molecule has 0 spiro atoms. The largest absolute Gasteiger partial charge is 0.496 e. The van der Waals surface area contributed by atoms with E-state index < -0.39 is 0 Å². The summed E-state index contributed by atoms with van der Waals surface area (Å²) in [6.07, 6.45) is 3.37. The second-order valence-electron chi connectivity index (χ2n) is 5.00. The van der Waals surface area contributed by atoms with Crippen LogP contribution >= 0.6 is 23.5 Å². The Morgan fingerprint density at radius 3 is 2.83 bits per heavy atom. The van der Waals surface area contributed by atoms with Gasteiger partial charge >= 0.3 is 0 Å². The van der Waals surface area contributed by atoms with E-state index in [1.807, 2.05) is 30.3 Å². The average Bonchev–Trinajstić information content (AvgIpc) is 3.18. The molecule has 0 atom stereocenters. The molecule has 124 valence electrons. The minimum atomic E-state index is -0.352. The van der Waals surface area contributed by atoms with E-state index in [4.69, 9.17) is 9.15 Å². The maximum atomic E-state index is 11.6. The van der Waals surface area contributed by atoms with E-state index in [2.05, 4.69) is 5.32 Å². The van der Waals surface area contributed by atoms with Gasteiger partial charge in [-0.15, -0.1) is 11.8 Å². The first-order valence-electron chi connectivity index (χ1n) is 7.17. The monoisotopic (exact) mass is 361 g/mol. The fourth-order valence-electron chi connectivity index (χ4n) is 2.23. The van der Waals surface area contributed by atoms with Gasteiger partial charge in [0.15, 0.2) is 0 Å². The van der Waals surface area contributed by atoms with Crippen molar-refractivity contribution in [1.82, 2.24) is 5.32 Å². The van der Waals surface area contributed by atoms with Crippen molar-refractivity contribution in [3.8, 4) is 5.75 Å². The molecule has 5 nitrogen and oxygen atoms in total. The molecule has 0 bridgehead atoms. The number of hydrogen-bond donors (Lipinski definition) is 1. The molecule has 2 heterocycles. The lowest BCUT2D eigenvalue weighted by atomic mass is 10.1. The summed E-state index contributed by atoms with van der Waals surface area (Å²) in [5, 5.41) is 1.91. The molecular formula is C17H15NO4S2. The van der Waals surface area contributed by atoms with Gasteiger partial charge in [-0.3, -0.25) is 14.9 Å². The minimum absolute atomic E-state index is 0.339. The Bertz CT molecular complexity index is 784. The molecule has 0 radical (unpaired) electrons. The molecule has 2 aromatic rings. The fraction of sp³-hybridized carbons (Fsp3) is 0.176. The number of amides is 2. The highest BCUT2D eigenvalue weighted by Crippen LogP contribution is 2.30. The summed E-state index contributed by atoms with van der Waals surface area (Å²) in [5.41, 5.74) is 1.88. The Hall–Kier alpha value is -2.12. The summed E-state index contributed by atoms with van der Waals surface area (Å²) in [4.78, 5) is 23.3. The van der Waals surface area contributed by atoms with E-state index in [1.54, 1.807) is 31.2 Å². The van der Waals surface area contributed by atoms with E-state index in [0.717, 1.165) is 45.9 Å². The second-order valence-corrected chi connectivity index (χ2v) is 7.00. The van der Waals surface area contributed by atoms with Gasteiger partial charge in [-0.1, -0.05) is 6.07 Å². The van der Waals surface area contributed by atoms with Crippen LogP contribution in [0.2, 0.25) is 0 Å². The number of imide groups is 1. The van der Waals surface area contributed by atoms with Gasteiger partial charge in [0.25, 0.3) is 11.1 Å². The zero-order valence-electron chi connectivity index (χ0n) is 12.9. The number of furan rings is 1. The molecule has 1 aromatic carbocycles. The Morgan fingerprint density at radius 1 is 1.29 bits per heavy atom. The number of hydrogen-bond acceptors (Lipinski definition) is 6. The molecule has 7 heteroatoms. The van der Waals surface area contributed by atoms with Gasteiger partial charge in [0.1, 0.15) is 11.5 Å². The summed E-state index contributed by atoms with van der Waals surface area (Å²) in [7, 11) is 1.63. The van der Waals surface area contributed by atoms with Crippen molar-refractivity contribution in [1.29, 1.82) is 0 Å². The molecule has 1 fully saturated rings. The number of thioether (sulfide) groups is 2. The van der Waals surface area contributed by atoms with Crippen LogP contribution < -0.4 is 10.1 Å². The highest BCUT2D eigenvalue weighted by Gasteiger charge is 2.24. The van der Waals surface area contributed by atoms with Crippen molar-refractivity contribution < 1.29 is 18.7 Å². The van der Waals surface area contributed by atoms with Crippen LogP contribution in [0.5, 0.6) is 5.75 Å². The fourth-order valence-corrected chi connectivity index (χ4v) is 3.83. The van der Waals surface area contributed by atoms with Crippen LogP contribution in [0.1, 0.15) is 16.9 Å². The Kier molecular flexibility index (Phi) is 5.32. The van der Waals surface area contributed by atoms with Gasteiger partial charge < -0.3 is 9.15 Å². The lowest BCUT2D eigenvalue weighted by Crippen LogP contribution is -2.17. The summed E-state index contributed by atoms with van der Waals surface area (Å²) in [6, 6.07) is 9.52. The molecule has 0 aliphatic carbocycles. The average molecular weight is 361 g/mol. The van der Waals surface area contributed by atoms with Gasteiger partial charge in [0, 0.05) is 11.3 Å². The predicted molar refractivity (Wildman–Crippen MR) is 95.8 cm³/mol. The number of rotatable bonds is 6. The van der Waals surface area contributed by atoms with E-state index in [0.29, 0.717) is 4.91 Å². The summed E-state index contributed by atoms with van der Waals surface area (Å²) in [5.74, 6) is 2.89. The van der Waals surface area contributed by atoms with Crippen LogP contribution in [0.15, 0.2) is 45.9 Å². The first kappa shape index (κ1) is 16.7. The summed E-state index contributed by atoms with van der Waals surface area (Å²) < 4.78 is 10.7. The molecule has 3 rings (SSSR count). The van der Waals surface area contributed by atoms with E-state index in [-0.39, 0.29) is 11.1 Å². The van der Waals surface area contributed by atoms with Gasteiger partial charge in [-0.25, -0.2) is 0 Å². The zero-order chi connectivity index (χ0) is 16.9. The predicted octanol–water partition coefficient (Wildman–Crippen LogP) is 4.05. The number of nitrogens with one attached hydrogen (secondary N) is 1. The quantitative estimate of drug-likeness (QED) is 0.783. The molecular weight excluding hydrogens is 346 g/mol. The highest BCUT2D eigenvalue weighted by molar-refractivity contribution is 8.18. The minimum Gasteiger partial charge on any atom is -0.496 e. The van der Waals surface area contributed by atoms with Crippen LogP contribution in [-0.4, -0.2) is 18.3 Å². The topological polar surface area (TPSA) is 68.5 Å². The third-order valence-corrected chi connectivity index (χ3v) is 5.14. The SMILES string of the molecule is COc1ccc(/C=C2\SC(=O)NC2=O)cc1CSCc1ccco1. The lowest BCUT2D eigenvalue weighted by molar-refractivity contribution is -0.115. The number of carbonyl (C=O) groups is 2. The maximum Gasteiger partial charge on any atom is 0.290 e. The Balaban J connectivity index is 1.74. The van der Waals surface area contributed by atoms with Crippen molar-refractivity contribution in [2.24, 2.45) is 0 Å². The smallest absolute Gasteiger partial charge is 0.290 e. The molecule has 1 saturated heterocycles. The lowest BCUT2D eigenvalue weighted by Gasteiger charge is -2.09. The second kappa shape index (κ2) is 7.63. The van der Waals surface area contributed by atoms with Crippen molar-refractivity contribution in [3.05, 3.63) is 58.4 Å². The maximum absolute atomic E-state index is 11.6. The third-order valence-electron chi connectivity index (χ3n) is 3.33. The van der Waals surface area contributed by atoms with E-state index in [9.17, 15) is 9.59 Å². The molecule has 1 aliphatic rings. The summed E-state index contributed by atoms with van der Waals surface area (Å²) >= 11 is 2.63. The molecule has 1 N–H and O–H groups in total. The van der Waals surface area contributed by atoms with Crippen LogP contribution in [0.4, 0.5) is 4.79 Å². The van der Waals surface area contributed by atoms with Crippen LogP contribution in [0.3, 0.4) is 0 Å². The highest BCUT2D eigenvalue weighted by atomic mass is 32.2. The molecule has 1 aromatic heterocycles. The van der Waals surface area contributed by atoms with Crippen molar-refractivity contribution in [2.45, 2.75) is 11.5 Å². The van der Waals surface area contributed by atoms with Crippen molar-refractivity contribution in [3.63, 3.8) is 0 Å². The zero-order valence-corrected chi connectivity index (χ0v) is 14.5. The number of benzene rings is 1. The van der Waals surface area contributed by atoms with E-state index >= 15 is 0 Å².